The van der Waals surface area contributed by atoms with Gasteiger partial charge in [0.2, 0.25) is 0 Å². The molecular weight excluding hydrogens is 189 g/mol. The largest absolute Gasteiger partial charge is 0.313 e. The molecule has 0 heterocycles. The summed E-state index contributed by atoms with van der Waals surface area (Å²) in [5.41, 5.74) is 1.24. The molecule has 0 radical (unpaired) electrons. The third-order valence-electron chi connectivity index (χ3n) is 3.06. The monoisotopic (exact) mass is 207 g/mol. The van der Waals surface area contributed by atoms with Crippen molar-refractivity contribution in [1.29, 1.82) is 0 Å². The summed E-state index contributed by atoms with van der Waals surface area (Å²) in [6.07, 6.45) is 3.74. The van der Waals surface area contributed by atoms with Gasteiger partial charge in [-0.05, 0) is 42.9 Å². The van der Waals surface area contributed by atoms with E-state index in [0.29, 0.717) is 5.92 Å². The van der Waals surface area contributed by atoms with Crippen LogP contribution in [0.3, 0.4) is 0 Å². The van der Waals surface area contributed by atoms with Gasteiger partial charge in [-0.2, -0.15) is 0 Å². The molecule has 0 spiro atoms. The summed E-state index contributed by atoms with van der Waals surface area (Å²) in [5, 5.41) is 3.53. The van der Waals surface area contributed by atoms with Crippen LogP contribution in [-0.4, -0.2) is 12.6 Å². The van der Waals surface area contributed by atoms with Crippen molar-refractivity contribution in [2.24, 2.45) is 0 Å². The Morgan fingerprint density at radius 3 is 2.53 bits per heavy atom. The van der Waals surface area contributed by atoms with Gasteiger partial charge in [0, 0.05) is 12.6 Å². The Kier molecular flexibility index (Phi) is 3.37. The summed E-state index contributed by atoms with van der Waals surface area (Å²) < 4.78 is 12.8. The molecule has 15 heavy (non-hydrogen) atoms. The van der Waals surface area contributed by atoms with Crippen molar-refractivity contribution in [2.75, 3.05) is 6.54 Å². The Morgan fingerprint density at radius 2 is 2.00 bits per heavy atom. The number of halogens is 1. The van der Waals surface area contributed by atoms with Crippen LogP contribution in [0.25, 0.3) is 0 Å². The molecule has 0 bridgehead atoms. The van der Waals surface area contributed by atoms with Crippen LogP contribution in [0.1, 0.15) is 37.7 Å². The minimum Gasteiger partial charge on any atom is -0.313 e. The van der Waals surface area contributed by atoms with E-state index in [0.717, 1.165) is 19.0 Å². The molecule has 82 valence electrons. The van der Waals surface area contributed by atoms with Gasteiger partial charge >= 0.3 is 0 Å². The quantitative estimate of drug-likeness (QED) is 0.782. The maximum Gasteiger partial charge on any atom is 0.123 e. The van der Waals surface area contributed by atoms with Crippen LogP contribution < -0.4 is 5.32 Å². The number of hydrogen-bond acceptors (Lipinski definition) is 1. The van der Waals surface area contributed by atoms with E-state index in [4.69, 9.17) is 0 Å². The second-order valence-corrected chi connectivity index (χ2v) is 4.34. The summed E-state index contributed by atoms with van der Waals surface area (Å²) in [6, 6.07) is 7.65. The normalized spacial score (nSPS) is 17.7. The average Bonchev–Trinajstić information content (AvgIpc) is 3.05. The van der Waals surface area contributed by atoms with Crippen molar-refractivity contribution in [2.45, 2.75) is 38.1 Å². The predicted octanol–water partition coefficient (Wildman–Crippen LogP) is 3.07. The highest BCUT2D eigenvalue weighted by Crippen LogP contribution is 2.23. The molecule has 1 aliphatic carbocycles. The lowest BCUT2D eigenvalue weighted by Crippen LogP contribution is -2.23. The van der Waals surface area contributed by atoms with E-state index in [9.17, 15) is 4.39 Å². The average molecular weight is 207 g/mol. The zero-order valence-corrected chi connectivity index (χ0v) is 9.17. The third-order valence-corrected chi connectivity index (χ3v) is 3.06. The van der Waals surface area contributed by atoms with Crippen molar-refractivity contribution in [3.05, 3.63) is 35.6 Å². The lowest BCUT2D eigenvalue weighted by Gasteiger charge is -2.15. The van der Waals surface area contributed by atoms with Gasteiger partial charge in [-0.3, -0.25) is 0 Å². The van der Waals surface area contributed by atoms with Gasteiger partial charge < -0.3 is 5.32 Å². The van der Waals surface area contributed by atoms with E-state index in [1.54, 1.807) is 12.1 Å². The van der Waals surface area contributed by atoms with Gasteiger partial charge in [-0.15, -0.1) is 0 Å². The van der Waals surface area contributed by atoms with Crippen LogP contribution in [0.5, 0.6) is 0 Å². The molecule has 1 unspecified atom stereocenters. The molecule has 1 N–H and O–H groups in total. The van der Waals surface area contributed by atoms with Gasteiger partial charge in [0.15, 0.2) is 0 Å². The molecule has 0 aromatic heterocycles. The molecular formula is C13H18FN. The van der Waals surface area contributed by atoms with Crippen molar-refractivity contribution < 1.29 is 4.39 Å². The molecule has 1 saturated carbocycles. The second kappa shape index (κ2) is 4.75. The van der Waals surface area contributed by atoms with Crippen molar-refractivity contribution in [3.63, 3.8) is 0 Å². The van der Waals surface area contributed by atoms with Gasteiger partial charge in [-0.25, -0.2) is 4.39 Å². The fourth-order valence-electron chi connectivity index (χ4n) is 1.83. The third kappa shape index (κ3) is 3.03. The molecule has 2 heteroatoms. The zero-order valence-electron chi connectivity index (χ0n) is 9.17. The molecule has 0 saturated heterocycles. The van der Waals surface area contributed by atoms with Gasteiger partial charge in [0.1, 0.15) is 5.82 Å². The second-order valence-electron chi connectivity index (χ2n) is 4.34. The smallest absolute Gasteiger partial charge is 0.123 e. The van der Waals surface area contributed by atoms with Crippen LogP contribution in [0.15, 0.2) is 24.3 Å². The Labute approximate surface area is 90.7 Å². The lowest BCUT2D eigenvalue weighted by molar-refractivity contribution is 0.564. The van der Waals surface area contributed by atoms with Crippen LogP contribution in [0, 0.1) is 5.82 Å². The maximum atomic E-state index is 12.8. The highest BCUT2D eigenvalue weighted by Gasteiger charge is 2.21. The van der Waals surface area contributed by atoms with E-state index in [-0.39, 0.29) is 5.82 Å². The highest BCUT2D eigenvalue weighted by molar-refractivity contribution is 5.20. The molecule has 1 aliphatic rings. The molecule has 1 nitrogen and oxygen atoms in total. The minimum absolute atomic E-state index is 0.149. The Morgan fingerprint density at radius 1 is 1.33 bits per heavy atom. The summed E-state index contributed by atoms with van der Waals surface area (Å²) in [6.45, 7) is 3.20. The summed E-state index contributed by atoms with van der Waals surface area (Å²) in [7, 11) is 0. The summed E-state index contributed by atoms with van der Waals surface area (Å²) in [4.78, 5) is 0. The molecule has 1 aromatic rings. The molecule has 1 aromatic carbocycles. The highest BCUT2D eigenvalue weighted by atomic mass is 19.1. The minimum atomic E-state index is -0.149. The van der Waals surface area contributed by atoms with Crippen LogP contribution in [-0.2, 0) is 0 Å². The van der Waals surface area contributed by atoms with E-state index < -0.39 is 0 Å². The number of benzene rings is 1. The fourth-order valence-corrected chi connectivity index (χ4v) is 1.83. The van der Waals surface area contributed by atoms with E-state index in [2.05, 4.69) is 12.2 Å². The molecule has 1 fully saturated rings. The predicted molar refractivity (Wildman–Crippen MR) is 60.5 cm³/mol. The Hall–Kier alpha value is -0.890. The molecule has 1 atom stereocenters. The van der Waals surface area contributed by atoms with E-state index in [1.165, 1.54) is 18.4 Å². The van der Waals surface area contributed by atoms with Crippen LogP contribution >= 0.6 is 0 Å². The molecule has 0 aliphatic heterocycles. The first-order valence-corrected chi connectivity index (χ1v) is 5.78. The van der Waals surface area contributed by atoms with Crippen molar-refractivity contribution in [3.8, 4) is 0 Å². The first kappa shape index (κ1) is 10.6. The zero-order chi connectivity index (χ0) is 10.7. The fraction of sp³-hybridized carbons (Fsp3) is 0.538. The molecule has 0 amide bonds. The van der Waals surface area contributed by atoms with E-state index in [1.807, 2.05) is 12.1 Å². The SMILES string of the molecule is CCC(CNC1CC1)c1ccc(F)cc1. The lowest BCUT2D eigenvalue weighted by atomic mass is 9.96. The molecule has 2 rings (SSSR count). The van der Waals surface area contributed by atoms with Gasteiger partial charge in [0.25, 0.3) is 0 Å². The van der Waals surface area contributed by atoms with Crippen LogP contribution in [0.2, 0.25) is 0 Å². The van der Waals surface area contributed by atoms with Gasteiger partial charge in [-0.1, -0.05) is 19.1 Å². The Bertz CT molecular complexity index is 303. The number of hydrogen-bond donors (Lipinski definition) is 1. The first-order chi connectivity index (χ1) is 7.29. The van der Waals surface area contributed by atoms with Crippen LogP contribution in [0.4, 0.5) is 4.39 Å². The van der Waals surface area contributed by atoms with Gasteiger partial charge in [0.05, 0.1) is 0 Å². The number of rotatable bonds is 5. The maximum absolute atomic E-state index is 12.8. The first-order valence-electron chi connectivity index (χ1n) is 5.78. The number of nitrogens with one attached hydrogen (secondary N) is 1. The van der Waals surface area contributed by atoms with E-state index >= 15 is 0 Å². The van der Waals surface area contributed by atoms with Crippen molar-refractivity contribution >= 4 is 0 Å². The standard InChI is InChI=1S/C13H18FN/c1-2-10(9-15-13-7-8-13)11-3-5-12(14)6-4-11/h3-6,10,13,15H,2,7-9H2,1H3. The summed E-state index contributed by atoms with van der Waals surface area (Å²) >= 11 is 0. The Balaban J connectivity index is 1.94. The topological polar surface area (TPSA) is 12.0 Å². The van der Waals surface area contributed by atoms with Crippen molar-refractivity contribution in [1.82, 2.24) is 5.32 Å². The summed E-state index contributed by atoms with van der Waals surface area (Å²) in [5.74, 6) is 0.370.